The van der Waals surface area contributed by atoms with Crippen LogP contribution in [0.1, 0.15) is 74.8 Å². The van der Waals surface area contributed by atoms with E-state index < -0.39 is 11.6 Å². The van der Waals surface area contributed by atoms with Crippen LogP contribution in [0.15, 0.2) is 67.3 Å². The number of rotatable bonds is 11. The molecule has 2 nitrogen and oxygen atoms in total. The van der Waals surface area contributed by atoms with E-state index >= 15 is 8.78 Å². The SMILES string of the molecule is C=CCCOc1ccc(C2CCC(c3ccc(-c4ccc(OCCCC)cc4)c(F)c3F)CC2)cc1F. The first-order chi connectivity index (χ1) is 18.0. The largest absolute Gasteiger partial charge is 0.494 e. The molecule has 0 atom stereocenters. The Bertz CT molecular complexity index is 1180. The zero-order valence-corrected chi connectivity index (χ0v) is 21.4. The monoisotopic (exact) mass is 508 g/mol. The summed E-state index contributed by atoms with van der Waals surface area (Å²) in [6.45, 7) is 6.77. The van der Waals surface area contributed by atoms with Gasteiger partial charge in [-0.3, -0.25) is 0 Å². The van der Waals surface area contributed by atoms with Gasteiger partial charge in [-0.05, 0) is 91.3 Å². The summed E-state index contributed by atoms with van der Waals surface area (Å²) in [6.07, 6.45) is 7.45. The third-order valence-corrected chi connectivity index (χ3v) is 7.22. The molecule has 37 heavy (non-hydrogen) atoms. The minimum Gasteiger partial charge on any atom is -0.494 e. The standard InChI is InChI=1S/C32H35F3O2/c1-3-5-19-36-26-14-11-24(12-15-26)28-17-16-27(31(34)32(28)35)23-9-7-22(8-10-23)25-13-18-30(29(33)21-25)37-20-6-4-2/h4,11-18,21-23H,2-3,5-10,19-20H2,1H3. The third kappa shape index (κ3) is 6.57. The summed E-state index contributed by atoms with van der Waals surface area (Å²) in [5, 5.41) is 0. The maximum absolute atomic E-state index is 15.2. The normalized spacial score (nSPS) is 17.4. The predicted octanol–water partition coefficient (Wildman–Crippen LogP) is 9.35. The van der Waals surface area contributed by atoms with Crippen molar-refractivity contribution in [3.63, 3.8) is 0 Å². The van der Waals surface area contributed by atoms with Crippen LogP contribution < -0.4 is 9.47 Å². The quantitative estimate of drug-likeness (QED) is 0.190. The molecule has 0 aromatic heterocycles. The summed E-state index contributed by atoms with van der Waals surface area (Å²) in [4.78, 5) is 0. The summed E-state index contributed by atoms with van der Waals surface area (Å²) in [5.74, 6) is -0.840. The van der Waals surface area contributed by atoms with Crippen LogP contribution in [0, 0.1) is 17.5 Å². The van der Waals surface area contributed by atoms with Crippen molar-refractivity contribution in [3.05, 3.63) is 95.8 Å². The van der Waals surface area contributed by atoms with Crippen LogP contribution in [-0.2, 0) is 0 Å². The molecule has 1 aliphatic carbocycles. The van der Waals surface area contributed by atoms with Gasteiger partial charge < -0.3 is 9.47 Å². The Morgan fingerprint density at radius 3 is 2.24 bits per heavy atom. The molecule has 3 aromatic carbocycles. The highest BCUT2D eigenvalue weighted by Gasteiger charge is 2.27. The van der Waals surface area contributed by atoms with Gasteiger partial charge in [-0.15, -0.1) is 6.58 Å². The molecule has 0 saturated heterocycles. The molecule has 0 spiro atoms. The van der Waals surface area contributed by atoms with Gasteiger partial charge in [-0.1, -0.05) is 49.8 Å². The summed E-state index contributed by atoms with van der Waals surface area (Å²) < 4.78 is 55.9. The van der Waals surface area contributed by atoms with Crippen LogP contribution in [0.4, 0.5) is 13.2 Å². The van der Waals surface area contributed by atoms with Gasteiger partial charge >= 0.3 is 0 Å². The van der Waals surface area contributed by atoms with Gasteiger partial charge in [-0.25, -0.2) is 13.2 Å². The number of halogens is 3. The molecule has 0 amide bonds. The number of benzene rings is 3. The fraction of sp³-hybridized carbons (Fsp3) is 0.375. The summed E-state index contributed by atoms with van der Waals surface area (Å²) in [7, 11) is 0. The molecular formula is C32H35F3O2. The third-order valence-electron chi connectivity index (χ3n) is 7.22. The Kier molecular flexibility index (Phi) is 9.32. The zero-order valence-electron chi connectivity index (χ0n) is 21.4. The molecule has 196 valence electrons. The van der Waals surface area contributed by atoms with Gasteiger partial charge in [0, 0.05) is 5.56 Å². The van der Waals surface area contributed by atoms with Gasteiger partial charge in [0.15, 0.2) is 23.2 Å². The van der Waals surface area contributed by atoms with Gasteiger partial charge in [-0.2, -0.15) is 0 Å². The second-order valence-corrected chi connectivity index (χ2v) is 9.72. The van der Waals surface area contributed by atoms with Crippen LogP contribution in [0.2, 0.25) is 0 Å². The van der Waals surface area contributed by atoms with E-state index in [4.69, 9.17) is 9.47 Å². The van der Waals surface area contributed by atoms with Crippen molar-refractivity contribution in [2.75, 3.05) is 13.2 Å². The molecule has 5 heteroatoms. The first kappa shape index (κ1) is 26.8. The first-order valence-electron chi connectivity index (χ1n) is 13.3. The van der Waals surface area contributed by atoms with Crippen molar-refractivity contribution in [1.82, 2.24) is 0 Å². The summed E-state index contributed by atoms with van der Waals surface area (Å²) >= 11 is 0. The highest BCUT2D eigenvalue weighted by Crippen LogP contribution is 2.43. The number of hydrogen-bond acceptors (Lipinski definition) is 2. The van der Waals surface area contributed by atoms with Crippen LogP contribution in [0.5, 0.6) is 11.5 Å². The fourth-order valence-corrected chi connectivity index (χ4v) is 5.05. The minimum absolute atomic E-state index is 0.0551. The van der Waals surface area contributed by atoms with E-state index in [2.05, 4.69) is 13.5 Å². The lowest BCUT2D eigenvalue weighted by Gasteiger charge is -2.29. The van der Waals surface area contributed by atoms with E-state index in [9.17, 15) is 4.39 Å². The molecule has 0 unspecified atom stereocenters. The van der Waals surface area contributed by atoms with Crippen LogP contribution in [0.3, 0.4) is 0 Å². The lowest BCUT2D eigenvalue weighted by molar-refractivity contribution is 0.307. The molecule has 1 fully saturated rings. The van der Waals surface area contributed by atoms with Crippen molar-refractivity contribution in [2.45, 2.75) is 63.7 Å². The molecular weight excluding hydrogens is 473 g/mol. The van der Waals surface area contributed by atoms with Crippen LogP contribution in [0.25, 0.3) is 11.1 Å². The van der Waals surface area contributed by atoms with Crippen molar-refractivity contribution in [1.29, 1.82) is 0 Å². The Morgan fingerprint density at radius 2 is 1.57 bits per heavy atom. The Balaban J connectivity index is 1.39. The van der Waals surface area contributed by atoms with Gasteiger partial charge in [0.05, 0.1) is 13.2 Å². The summed E-state index contributed by atoms with van der Waals surface area (Å²) in [6, 6.07) is 15.6. The van der Waals surface area contributed by atoms with Crippen LogP contribution >= 0.6 is 0 Å². The second-order valence-electron chi connectivity index (χ2n) is 9.72. The number of unbranched alkanes of at least 4 members (excludes halogenated alkanes) is 1. The van der Waals surface area contributed by atoms with E-state index in [1.54, 1.807) is 54.6 Å². The zero-order chi connectivity index (χ0) is 26.2. The van der Waals surface area contributed by atoms with Gasteiger partial charge in [0.2, 0.25) is 0 Å². The van der Waals surface area contributed by atoms with E-state index in [1.165, 1.54) is 0 Å². The molecule has 0 radical (unpaired) electrons. The average molecular weight is 509 g/mol. The summed E-state index contributed by atoms with van der Waals surface area (Å²) in [5.41, 5.74) is 2.22. The van der Waals surface area contributed by atoms with E-state index in [0.29, 0.717) is 30.8 Å². The van der Waals surface area contributed by atoms with Crippen molar-refractivity contribution >= 4 is 0 Å². The smallest absolute Gasteiger partial charge is 0.166 e. The fourth-order valence-electron chi connectivity index (χ4n) is 5.05. The van der Waals surface area contributed by atoms with Crippen molar-refractivity contribution in [2.24, 2.45) is 0 Å². The molecule has 0 bridgehead atoms. The molecule has 0 aliphatic heterocycles. The number of ether oxygens (including phenoxy) is 2. The molecule has 3 aromatic rings. The second kappa shape index (κ2) is 12.8. The molecule has 1 aliphatic rings. The molecule has 1 saturated carbocycles. The molecule has 0 N–H and O–H groups in total. The predicted molar refractivity (Wildman–Crippen MR) is 143 cm³/mol. The van der Waals surface area contributed by atoms with E-state index in [1.807, 2.05) is 6.07 Å². The van der Waals surface area contributed by atoms with E-state index in [-0.39, 0.29) is 29.0 Å². The van der Waals surface area contributed by atoms with Gasteiger partial charge in [0.25, 0.3) is 0 Å². The van der Waals surface area contributed by atoms with Crippen molar-refractivity contribution < 1.29 is 22.6 Å². The molecule has 0 heterocycles. The van der Waals surface area contributed by atoms with E-state index in [0.717, 1.165) is 49.8 Å². The maximum Gasteiger partial charge on any atom is 0.166 e. The Hall–Kier alpha value is -3.21. The lowest BCUT2D eigenvalue weighted by Crippen LogP contribution is -2.14. The minimum atomic E-state index is -0.812. The highest BCUT2D eigenvalue weighted by atomic mass is 19.2. The van der Waals surface area contributed by atoms with Crippen molar-refractivity contribution in [3.8, 4) is 22.6 Å². The number of hydrogen-bond donors (Lipinski definition) is 0. The Labute approximate surface area is 218 Å². The average Bonchev–Trinajstić information content (AvgIpc) is 2.92. The van der Waals surface area contributed by atoms with Gasteiger partial charge in [0.1, 0.15) is 5.75 Å². The lowest BCUT2D eigenvalue weighted by atomic mass is 9.76. The van der Waals surface area contributed by atoms with Crippen LogP contribution in [-0.4, -0.2) is 13.2 Å². The molecule has 4 rings (SSSR count). The maximum atomic E-state index is 15.2. The highest BCUT2D eigenvalue weighted by molar-refractivity contribution is 5.65. The first-order valence-corrected chi connectivity index (χ1v) is 13.3. The topological polar surface area (TPSA) is 18.5 Å². The Morgan fingerprint density at radius 1 is 0.838 bits per heavy atom.